The van der Waals surface area contributed by atoms with E-state index in [1.54, 1.807) is 13.8 Å². The predicted octanol–water partition coefficient (Wildman–Crippen LogP) is 5.00. The van der Waals surface area contributed by atoms with E-state index in [1.807, 2.05) is 71.9 Å². The zero-order valence-electron chi connectivity index (χ0n) is 20.0. The number of rotatable bonds is 8. The molecule has 170 valence electrons. The Kier molecular flexibility index (Phi) is 8.01. The third-order valence-corrected chi connectivity index (χ3v) is 6.02. The first-order chi connectivity index (χ1) is 14.4. The summed E-state index contributed by atoms with van der Waals surface area (Å²) in [5, 5.41) is 13.8. The van der Waals surface area contributed by atoms with Crippen LogP contribution < -0.4 is 5.32 Å². The van der Waals surface area contributed by atoms with Gasteiger partial charge in [-0.1, -0.05) is 29.8 Å². The average molecular weight is 429 g/mol. The van der Waals surface area contributed by atoms with E-state index >= 15 is 0 Å². The minimum absolute atomic E-state index is 0.0554. The van der Waals surface area contributed by atoms with Crippen molar-refractivity contribution in [3.05, 3.63) is 52.7 Å². The summed E-state index contributed by atoms with van der Waals surface area (Å²) in [6.45, 7) is 15.8. The third-order valence-electron chi connectivity index (χ3n) is 6.02. The van der Waals surface area contributed by atoms with E-state index < -0.39 is 18.3 Å². The van der Waals surface area contributed by atoms with E-state index in [4.69, 9.17) is 14.0 Å². The maximum absolute atomic E-state index is 11.9. The van der Waals surface area contributed by atoms with Gasteiger partial charge in [0, 0.05) is 17.2 Å². The molecule has 1 fully saturated rings. The van der Waals surface area contributed by atoms with E-state index in [2.05, 4.69) is 5.32 Å². The first-order valence-electron chi connectivity index (χ1n) is 10.8. The molecule has 7 heteroatoms. The molecule has 0 aliphatic carbocycles. The van der Waals surface area contributed by atoms with Crippen LogP contribution in [0.5, 0.6) is 0 Å². The van der Waals surface area contributed by atoms with Crippen molar-refractivity contribution < 1.29 is 23.9 Å². The summed E-state index contributed by atoms with van der Waals surface area (Å²) >= 11 is 0. The van der Waals surface area contributed by atoms with Gasteiger partial charge in [-0.25, -0.2) is 0 Å². The maximum Gasteiger partial charge on any atom is 0.498 e. The fraction of sp³-hybridized carbons (Fsp3) is 0.542. The number of ether oxygens (including phenoxy) is 1. The first kappa shape index (κ1) is 25.0. The monoisotopic (exact) mass is 429 g/mol. The lowest BCUT2D eigenvalue weighted by molar-refractivity contribution is -0.142. The maximum atomic E-state index is 11.9. The SMILES string of the molecule is CCOC(=O)Cc1ccccc1N[C@@H](C)/C(C)=C/C(B1OC(C)(C)C(C)(C)O1)=C(\C)O. The molecule has 6 nitrogen and oxygen atoms in total. The van der Waals surface area contributed by atoms with Gasteiger partial charge in [0.2, 0.25) is 0 Å². The lowest BCUT2D eigenvalue weighted by atomic mass is 9.76. The van der Waals surface area contributed by atoms with Crippen molar-refractivity contribution in [2.45, 2.75) is 79.1 Å². The van der Waals surface area contributed by atoms with E-state index in [-0.39, 0.29) is 24.2 Å². The standard InChI is InChI=1S/C24H36BNO5/c1-9-29-22(28)15-19-12-10-11-13-21(19)26-17(3)16(2)14-20(18(4)27)25-30-23(5,6)24(7,8)31-25/h10-14,17,26-27H,9,15H2,1-8H3/b16-14+,20-18-/t17-/m0/s1. The summed E-state index contributed by atoms with van der Waals surface area (Å²) < 4.78 is 17.3. The second-order valence-electron chi connectivity index (χ2n) is 9.02. The molecule has 0 saturated carbocycles. The van der Waals surface area contributed by atoms with Crippen LogP contribution in [0.15, 0.2) is 47.1 Å². The van der Waals surface area contributed by atoms with Crippen LogP contribution in [0.4, 0.5) is 5.69 Å². The van der Waals surface area contributed by atoms with Crippen LogP contribution in [-0.2, 0) is 25.3 Å². The number of para-hydroxylation sites is 1. The van der Waals surface area contributed by atoms with E-state index in [0.717, 1.165) is 16.8 Å². The number of aliphatic hydroxyl groups excluding tert-OH is 1. The highest BCUT2D eigenvalue weighted by molar-refractivity contribution is 6.55. The van der Waals surface area contributed by atoms with Crippen LogP contribution in [0.1, 0.15) is 61.0 Å². The van der Waals surface area contributed by atoms with Crippen molar-refractivity contribution in [3.63, 3.8) is 0 Å². The van der Waals surface area contributed by atoms with Crippen molar-refractivity contribution in [2.24, 2.45) is 0 Å². The number of carbonyl (C=O) groups is 1. The van der Waals surface area contributed by atoms with Crippen molar-refractivity contribution >= 4 is 18.8 Å². The smallest absolute Gasteiger partial charge is 0.498 e. The van der Waals surface area contributed by atoms with E-state index in [9.17, 15) is 9.90 Å². The Balaban J connectivity index is 2.20. The Morgan fingerprint density at radius 3 is 2.32 bits per heavy atom. The number of esters is 1. The topological polar surface area (TPSA) is 77.0 Å². The van der Waals surface area contributed by atoms with Crippen molar-refractivity contribution in [1.82, 2.24) is 0 Å². The van der Waals surface area contributed by atoms with Crippen LogP contribution in [0.25, 0.3) is 0 Å². The third kappa shape index (κ3) is 6.14. The van der Waals surface area contributed by atoms with Gasteiger partial charge >= 0.3 is 13.1 Å². The second kappa shape index (κ2) is 9.92. The van der Waals surface area contributed by atoms with Gasteiger partial charge in [0.25, 0.3) is 0 Å². The van der Waals surface area contributed by atoms with Gasteiger partial charge in [0.05, 0.1) is 30.0 Å². The van der Waals surface area contributed by atoms with Crippen molar-refractivity contribution in [1.29, 1.82) is 0 Å². The van der Waals surface area contributed by atoms with Gasteiger partial charge in [0.1, 0.15) is 0 Å². The quantitative estimate of drug-likeness (QED) is 0.262. The van der Waals surface area contributed by atoms with Gasteiger partial charge in [-0.15, -0.1) is 0 Å². The van der Waals surface area contributed by atoms with Gasteiger partial charge < -0.3 is 24.5 Å². The molecule has 31 heavy (non-hydrogen) atoms. The average Bonchev–Trinajstić information content (AvgIpc) is 2.88. The zero-order chi connectivity index (χ0) is 23.4. The van der Waals surface area contributed by atoms with Crippen LogP contribution >= 0.6 is 0 Å². The van der Waals surface area contributed by atoms with Gasteiger partial charge in [-0.2, -0.15) is 0 Å². The zero-order valence-corrected chi connectivity index (χ0v) is 20.0. The van der Waals surface area contributed by atoms with Gasteiger partial charge in [0.15, 0.2) is 0 Å². The molecule has 1 aliphatic heterocycles. The number of anilines is 1. The second-order valence-corrected chi connectivity index (χ2v) is 9.02. The van der Waals surface area contributed by atoms with Crippen molar-refractivity contribution in [2.75, 3.05) is 11.9 Å². The number of benzene rings is 1. The first-order valence-corrected chi connectivity index (χ1v) is 10.8. The summed E-state index contributed by atoms with van der Waals surface area (Å²) in [6, 6.07) is 7.64. The molecule has 0 spiro atoms. The summed E-state index contributed by atoms with van der Waals surface area (Å²) in [4.78, 5) is 11.9. The number of allylic oxidation sites excluding steroid dienone is 3. The molecule has 2 rings (SSSR count). The number of carbonyl (C=O) groups excluding carboxylic acids is 1. The van der Waals surface area contributed by atoms with E-state index in [0.29, 0.717) is 12.1 Å². The Morgan fingerprint density at radius 1 is 1.19 bits per heavy atom. The molecule has 1 heterocycles. The fourth-order valence-corrected chi connectivity index (χ4v) is 3.21. The number of hydrogen-bond acceptors (Lipinski definition) is 6. The molecule has 1 aliphatic rings. The molecular weight excluding hydrogens is 393 g/mol. The summed E-state index contributed by atoms with van der Waals surface area (Å²) in [5.41, 5.74) is 2.36. The summed E-state index contributed by atoms with van der Waals surface area (Å²) in [5.74, 6) is -0.0914. The Bertz CT molecular complexity index is 839. The molecule has 0 bridgehead atoms. The Morgan fingerprint density at radius 2 is 1.77 bits per heavy atom. The number of aliphatic hydroxyl groups is 1. The number of nitrogens with one attached hydrogen (secondary N) is 1. The molecule has 0 radical (unpaired) electrons. The predicted molar refractivity (Wildman–Crippen MR) is 125 cm³/mol. The normalized spacial score (nSPS) is 19.6. The van der Waals surface area contributed by atoms with Crippen LogP contribution in [0.3, 0.4) is 0 Å². The molecule has 0 aromatic heterocycles. The molecule has 1 aromatic carbocycles. The van der Waals surface area contributed by atoms with Crippen LogP contribution in [-0.4, -0.2) is 42.0 Å². The van der Waals surface area contributed by atoms with Gasteiger partial charge in [-0.3, -0.25) is 4.79 Å². The minimum Gasteiger partial charge on any atom is -0.513 e. The summed E-state index contributed by atoms with van der Waals surface area (Å²) in [7, 11) is -0.645. The number of hydrogen-bond donors (Lipinski definition) is 2. The van der Waals surface area contributed by atoms with Crippen LogP contribution in [0.2, 0.25) is 0 Å². The largest absolute Gasteiger partial charge is 0.513 e. The highest BCUT2D eigenvalue weighted by Gasteiger charge is 2.52. The van der Waals surface area contributed by atoms with Gasteiger partial charge in [-0.05, 0) is 67.0 Å². The molecule has 1 saturated heterocycles. The lowest BCUT2D eigenvalue weighted by Gasteiger charge is -2.32. The molecule has 1 atom stereocenters. The summed E-state index contributed by atoms with van der Waals surface area (Å²) in [6.07, 6.45) is 2.12. The highest BCUT2D eigenvalue weighted by atomic mass is 16.7. The van der Waals surface area contributed by atoms with E-state index in [1.165, 1.54) is 0 Å². The minimum atomic E-state index is -0.645. The lowest BCUT2D eigenvalue weighted by Crippen LogP contribution is -2.41. The van der Waals surface area contributed by atoms with Crippen molar-refractivity contribution in [3.8, 4) is 0 Å². The highest BCUT2D eigenvalue weighted by Crippen LogP contribution is 2.39. The molecular formula is C24H36BNO5. The fourth-order valence-electron chi connectivity index (χ4n) is 3.21. The Labute approximate surface area is 186 Å². The molecule has 2 N–H and O–H groups in total. The van der Waals surface area contributed by atoms with Crippen LogP contribution in [0, 0.1) is 0 Å². The molecule has 1 aromatic rings. The molecule has 0 unspecified atom stereocenters. The molecule has 0 amide bonds. The Hall–Kier alpha value is -2.25.